The number of hydrogen-bond donors (Lipinski definition) is 0. The molecule has 9 aromatic heterocycles. The molecule has 0 bridgehead atoms. The van der Waals surface area contributed by atoms with Gasteiger partial charge in [0.05, 0.1) is 29.3 Å². The highest BCUT2D eigenvalue weighted by Crippen LogP contribution is 2.42. The van der Waals surface area contributed by atoms with E-state index in [4.69, 9.17) is 22.1 Å². The monoisotopic (exact) mass is 660 g/mol. The van der Waals surface area contributed by atoms with Gasteiger partial charge in [0.25, 0.3) is 0 Å². The van der Waals surface area contributed by atoms with Gasteiger partial charge >= 0.3 is 0 Å². The van der Waals surface area contributed by atoms with Gasteiger partial charge in [-0.2, -0.15) is 0 Å². The standard InChI is InChI=1S/C36H20O5S4/c1-3-31(42-19-1)25-9-5-21(37-25)23-7-11-27(39-23)33-15-17-35(44-33)29-13-14-30(41-29)36-18-16-34(45-36)28-12-8-24(40-28)22-6-10-26(38-22)32-4-2-20-43-32/h1-20H. The Hall–Kier alpha value is -4.80. The molecule has 0 aliphatic carbocycles. The van der Waals surface area contributed by atoms with Crippen LogP contribution in [0.25, 0.3) is 86.9 Å². The molecule has 9 aromatic rings. The van der Waals surface area contributed by atoms with Crippen molar-refractivity contribution in [3.05, 3.63) is 120 Å². The Morgan fingerprint density at radius 2 is 0.533 bits per heavy atom. The second-order valence-corrected chi connectivity index (χ2v) is 14.2. The normalized spacial score (nSPS) is 11.6. The third kappa shape index (κ3) is 5.00. The molecule has 0 aromatic carbocycles. The molecule has 5 nitrogen and oxygen atoms in total. The van der Waals surface area contributed by atoms with Gasteiger partial charge in [-0.25, -0.2) is 0 Å². The van der Waals surface area contributed by atoms with Crippen LogP contribution in [0.15, 0.2) is 142 Å². The summed E-state index contributed by atoms with van der Waals surface area (Å²) in [6.07, 6.45) is 0. The lowest BCUT2D eigenvalue weighted by Crippen LogP contribution is -1.66. The maximum atomic E-state index is 6.31. The summed E-state index contributed by atoms with van der Waals surface area (Å²) in [5, 5.41) is 4.08. The molecule has 0 N–H and O–H groups in total. The first-order valence-corrected chi connectivity index (χ1v) is 17.4. The predicted octanol–water partition coefficient (Wildman–Crippen LogP) is 13.2. The molecule has 218 valence electrons. The van der Waals surface area contributed by atoms with E-state index in [2.05, 4.69) is 24.3 Å². The number of furan rings is 5. The topological polar surface area (TPSA) is 65.7 Å². The van der Waals surface area contributed by atoms with Crippen molar-refractivity contribution in [2.45, 2.75) is 0 Å². The van der Waals surface area contributed by atoms with Crippen LogP contribution in [0, 0.1) is 0 Å². The zero-order valence-electron chi connectivity index (χ0n) is 23.2. The first kappa shape index (κ1) is 26.6. The van der Waals surface area contributed by atoms with Crippen molar-refractivity contribution < 1.29 is 22.1 Å². The summed E-state index contributed by atoms with van der Waals surface area (Å²) in [7, 11) is 0. The van der Waals surface area contributed by atoms with E-state index in [0.29, 0.717) is 23.0 Å². The molecule has 9 heterocycles. The SMILES string of the molecule is c1csc(-c2ccc(-c3ccc(-c4ccc(-c5ccc(-c6ccc(-c7ccc(-c8ccc(-c9cccs9)o8)o7)s6)o5)s4)o3)o2)c1. The number of hydrogen-bond acceptors (Lipinski definition) is 9. The van der Waals surface area contributed by atoms with Crippen LogP contribution in [0.1, 0.15) is 0 Å². The van der Waals surface area contributed by atoms with E-state index in [-0.39, 0.29) is 0 Å². The van der Waals surface area contributed by atoms with Crippen LogP contribution in [-0.4, -0.2) is 0 Å². The largest absolute Gasteiger partial charge is 0.454 e. The van der Waals surface area contributed by atoms with Crippen molar-refractivity contribution in [3.8, 4) is 86.9 Å². The Morgan fingerprint density at radius 1 is 0.267 bits per heavy atom. The molecule has 9 heteroatoms. The summed E-state index contributed by atoms with van der Waals surface area (Å²) in [5.41, 5.74) is 0. The summed E-state index contributed by atoms with van der Waals surface area (Å²) in [4.78, 5) is 6.28. The number of rotatable bonds is 8. The number of thiophene rings is 4. The molecular formula is C36H20O5S4. The Bertz CT molecular complexity index is 2180. The molecule has 0 saturated carbocycles. The van der Waals surface area contributed by atoms with Crippen LogP contribution in [0.2, 0.25) is 0 Å². The van der Waals surface area contributed by atoms with E-state index in [1.165, 1.54) is 0 Å². The van der Waals surface area contributed by atoms with Gasteiger partial charge in [0.2, 0.25) is 0 Å². The summed E-state index contributed by atoms with van der Waals surface area (Å²) in [6, 6.07) is 36.1. The maximum absolute atomic E-state index is 6.31. The quantitative estimate of drug-likeness (QED) is 0.162. The molecule has 0 aliphatic rings. The van der Waals surface area contributed by atoms with Gasteiger partial charge in [0.15, 0.2) is 23.0 Å². The van der Waals surface area contributed by atoms with Crippen molar-refractivity contribution in [2.75, 3.05) is 0 Å². The minimum atomic E-state index is 0.701. The lowest BCUT2D eigenvalue weighted by atomic mass is 10.3. The highest BCUT2D eigenvalue weighted by Gasteiger charge is 2.18. The lowest BCUT2D eigenvalue weighted by molar-refractivity contribution is 0.540. The second kappa shape index (κ2) is 11.0. The molecule has 0 spiro atoms. The summed E-state index contributed by atoms with van der Waals surface area (Å²) in [6.45, 7) is 0. The first-order chi connectivity index (χ1) is 22.2. The fourth-order valence-electron chi connectivity index (χ4n) is 5.06. The summed E-state index contributed by atoms with van der Waals surface area (Å²) >= 11 is 6.55. The Morgan fingerprint density at radius 3 is 0.822 bits per heavy atom. The van der Waals surface area contributed by atoms with Crippen LogP contribution >= 0.6 is 45.3 Å². The molecule has 0 radical (unpaired) electrons. The molecule has 0 atom stereocenters. The minimum absolute atomic E-state index is 0.701. The zero-order valence-corrected chi connectivity index (χ0v) is 26.5. The minimum Gasteiger partial charge on any atom is -0.454 e. The van der Waals surface area contributed by atoms with Crippen molar-refractivity contribution >= 4 is 45.3 Å². The van der Waals surface area contributed by atoms with E-state index in [0.717, 1.165) is 63.8 Å². The Kier molecular flexibility index (Phi) is 6.48. The van der Waals surface area contributed by atoms with E-state index < -0.39 is 0 Å². The fourth-order valence-corrected chi connectivity index (χ4v) is 8.29. The molecule has 45 heavy (non-hydrogen) atoms. The van der Waals surface area contributed by atoms with Crippen LogP contribution in [0.4, 0.5) is 0 Å². The van der Waals surface area contributed by atoms with Crippen LogP contribution in [0.5, 0.6) is 0 Å². The lowest BCUT2D eigenvalue weighted by Gasteiger charge is -1.94. The van der Waals surface area contributed by atoms with Gasteiger partial charge in [-0.3, -0.25) is 0 Å². The third-order valence-electron chi connectivity index (χ3n) is 7.23. The highest BCUT2D eigenvalue weighted by molar-refractivity contribution is 7.19. The van der Waals surface area contributed by atoms with Gasteiger partial charge in [-0.05, 0) is 108 Å². The Balaban J connectivity index is 0.908. The van der Waals surface area contributed by atoms with Gasteiger partial charge in [0.1, 0.15) is 34.6 Å². The Labute approximate surface area is 272 Å². The average molecular weight is 661 g/mol. The van der Waals surface area contributed by atoms with Gasteiger partial charge in [-0.1, -0.05) is 12.1 Å². The third-order valence-corrected chi connectivity index (χ3v) is 11.2. The summed E-state index contributed by atoms with van der Waals surface area (Å²) in [5.74, 6) is 7.72. The highest BCUT2D eigenvalue weighted by atomic mass is 32.1. The molecular weight excluding hydrogens is 641 g/mol. The molecule has 0 unspecified atom stereocenters. The second-order valence-electron chi connectivity index (χ2n) is 10.1. The van der Waals surface area contributed by atoms with Crippen molar-refractivity contribution in [1.29, 1.82) is 0 Å². The molecule has 0 fully saturated rings. The average Bonchev–Trinajstić information content (AvgIpc) is 3.94. The van der Waals surface area contributed by atoms with E-state index in [1.54, 1.807) is 45.3 Å². The molecule has 0 saturated heterocycles. The summed E-state index contributed by atoms with van der Waals surface area (Å²) < 4.78 is 30.8. The van der Waals surface area contributed by atoms with Gasteiger partial charge in [0, 0.05) is 0 Å². The van der Waals surface area contributed by atoms with E-state index in [9.17, 15) is 0 Å². The molecule has 0 aliphatic heterocycles. The maximum Gasteiger partial charge on any atom is 0.170 e. The smallest absolute Gasteiger partial charge is 0.170 e. The van der Waals surface area contributed by atoms with Crippen molar-refractivity contribution in [3.63, 3.8) is 0 Å². The van der Waals surface area contributed by atoms with Crippen LogP contribution < -0.4 is 0 Å². The molecule has 9 rings (SSSR count). The van der Waals surface area contributed by atoms with Crippen LogP contribution in [0.3, 0.4) is 0 Å². The predicted molar refractivity (Wildman–Crippen MR) is 183 cm³/mol. The fraction of sp³-hybridized carbons (Fsp3) is 0. The zero-order chi connectivity index (χ0) is 29.7. The van der Waals surface area contributed by atoms with E-state index in [1.807, 2.05) is 95.7 Å². The first-order valence-electron chi connectivity index (χ1n) is 14.0. The van der Waals surface area contributed by atoms with Gasteiger partial charge < -0.3 is 22.1 Å². The van der Waals surface area contributed by atoms with Crippen molar-refractivity contribution in [2.24, 2.45) is 0 Å². The van der Waals surface area contributed by atoms with Crippen LogP contribution in [-0.2, 0) is 0 Å². The van der Waals surface area contributed by atoms with Gasteiger partial charge in [-0.15, -0.1) is 45.3 Å². The van der Waals surface area contributed by atoms with Crippen molar-refractivity contribution in [1.82, 2.24) is 0 Å². The van der Waals surface area contributed by atoms with E-state index >= 15 is 0 Å². The molecule has 0 amide bonds.